The van der Waals surface area contributed by atoms with Gasteiger partial charge in [0, 0.05) is 24.6 Å². The summed E-state index contributed by atoms with van der Waals surface area (Å²) in [5.74, 6) is -0.339. The summed E-state index contributed by atoms with van der Waals surface area (Å²) in [7, 11) is 0. The molecule has 2 heterocycles. The van der Waals surface area contributed by atoms with E-state index >= 15 is 0 Å². The van der Waals surface area contributed by atoms with Gasteiger partial charge in [0.2, 0.25) is 0 Å². The second-order valence-corrected chi connectivity index (χ2v) is 4.32. The van der Waals surface area contributed by atoms with E-state index in [0.717, 1.165) is 5.56 Å². The van der Waals surface area contributed by atoms with Crippen molar-refractivity contribution >= 4 is 23.2 Å². The van der Waals surface area contributed by atoms with Gasteiger partial charge in [-0.15, -0.1) is 0 Å². The third-order valence-electron chi connectivity index (χ3n) is 2.67. The second-order valence-electron chi connectivity index (χ2n) is 3.96. The standard InChI is InChI=1S/C12H11ClN4O2/c1-7-10(3-4-19-8(2)18)11(13)17-12(16-7)9(5-14)6-15-17/h6H,3-4H2,1-2H3. The van der Waals surface area contributed by atoms with E-state index in [1.165, 1.54) is 17.6 Å². The van der Waals surface area contributed by atoms with Gasteiger partial charge < -0.3 is 4.74 Å². The molecule has 2 aromatic heterocycles. The number of hydrogen-bond donors (Lipinski definition) is 0. The molecule has 19 heavy (non-hydrogen) atoms. The molecule has 0 radical (unpaired) electrons. The normalized spacial score (nSPS) is 10.4. The minimum atomic E-state index is -0.339. The fraction of sp³-hybridized carbons (Fsp3) is 0.333. The van der Waals surface area contributed by atoms with E-state index in [1.54, 1.807) is 6.92 Å². The predicted molar refractivity (Wildman–Crippen MR) is 67.8 cm³/mol. The number of aromatic nitrogens is 3. The van der Waals surface area contributed by atoms with Gasteiger partial charge in [0.25, 0.3) is 0 Å². The topological polar surface area (TPSA) is 80.3 Å². The Morgan fingerprint density at radius 2 is 2.37 bits per heavy atom. The van der Waals surface area contributed by atoms with Crippen LogP contribution in [-0.2, 0) is 16.0 Å². The molecule has 7 heteroatoms. The van der Waals surface area contributed by atoms with E-state index in [9.17, 15) is 4.79 Å². The van der Waals surface area contributed by atoms with Gasteiger partial charge in [0.15, 0.2) is 5.65 Å². The van der Waals surface area contributed by atoms with Gasteiger partial charge in [-0.3, -0.25) is 4.79 Å². The fourth-order valence-electron chi connectivity index (χ4n) is 1.76. The highest BCUT2D eigenvalue weighted by molar-refractivity contribution is 6.30. The third-order valence-corrected chi connectivity index (χ3v) is 3.06. The van der Waals surface area contributed by atoms with Crippen molar-refractivity contribution in [3.8, 4) is 6.07 Å². The Bertz CT molecular complexity index is 687. The van der Waals surface area contributed by atoms with Crippen LogP contribution in [0.4, 0.5) is 0 Å². The molecule has 0 fully saturated rings. The highest BCUT2D eigenvalue weighted by Crippen LogP contribution is 2.22. The lowest BCUT2D eigenvalue weighted by Gasteiger charge is -2.09. The molecule has 0 saturated carbocycles. The van der Waals surface area contributed by atoms with Crippen LogP contribution >= 0.6 is 11.6 Å². The minimum absolute atomic E-state index is 0.232. The summed E-state index contributed by atoms with van der Waals surface area (Å²) in [6.45, 7) is 3.38. The first-order valence-electron chi connectivity index (χ1n) is 5.60. The van der Waals surface area contributed by atoms with Crippen molar-refractivity contribution < 1.29 is 9.53 Å². The van der Waals surface area contributed by atoms with Crippen molar-refractivity contribution in [1.82, 2.24) is 14.6 Å². The van der Waals surface area contributed by atoms with Gasteiger partial charge >= 0.3 is 5.97 Å². The Balaban J connectivity index is 2.40. The summed E-state index contributed by atoms with van der Waals surface area (Å²) < 4.78 is 6.30. The van der Waals surface area contributed by atoms with Gasteiger partial charge in [0.1, 0.15) is 16.8 Å². The minimum Gasteiger partial charge on any atom is -0.466 e. The predicted octanol–water partition coefficient (Wildman–Crippen LogP) is 1.67. The van der Waals surface area contributed by atoms with Gasteiger partial charge in [-0.2, -0.15) is 10.4 Å². The molecule has 0 amide bonds. The first-order chi connectivity index (χ1) is 9.04. The van der Waals surface area contributed by atoms with Crippen LogP contribution < -0.4 is 0 Å². The lowest BCUT2D eigenvalue weighted by Crippen LogP contribution is -2.08. The quantitative estimate of drug-likeness (QED) is 0.630. The number of fused-ring (bicyclic) bond motifs is 1. The SMILES string of the molecule is CC(=O)OCCc1c(C)nc2c(C#N)cnn2c1Cl. The van der Waals surface area contributed by atoms with Gasteiger partial charge in [-0.05, 0) is 6.92 Å². The molecule has 0 saturated heterocycles. The number of aryl methyl sites for hydroxylation is 1. The summed E-state index contributed by atoms with van der Waals surface area (Å²) in [5, 5.41) is 13.3. The molecule has 0 aliphatic heterocycles. The Morgan fingerprint density at radius 1 is 1.63 bits per heavy atom. The van der Waals surface area contributed by atoms with E-state index in [1.807, 2.05) is 6.07 Å². The molecular weight excluding hydrogens is 268 g/mol. The average molecular weight is 279 g/mol. The Morgan fingerprint density at radius 3 is 3.00 bits per heavy atom. The molecule has 98 valence electrons. The highest BCUT2D eigenvalue weighted by atomic mass is 35.5. The van der Waals surface area contributed by atoms with Crippen molar-refractivity contribution in [1.29, 1.82) is 5.26 Å². The van der Waals surface area contributed by atoms with E-state index in [2.05, 4.69) is 10.1 Å². The van der Waals surface area contributed by atoms with E-state index in [4.69, 9.17) is 21.6 Å². The maximum Gasteiger partial charge on any atom is 0.302 e. The Hall–Kier alpha value is -2.13. The molecule has 0 aliphatic carbocycles. The van der Waals surface area contributed by atoms with E-state index in [-0.39, 0.29) is 12.6 Å². The molecule has 0 unspecified atom stereocenters. The van der Waals surface area contributed by atoms with Crippen LogP contribution in [0.1, 0.15) is 23.7 Å². The summed E-state index contributed by atoms with van der Waals surface area (Å²) >= 11 is 6.24. The number of carbonyl (C=O) groups excluding carboxylic acids is 1. The average Bonchev–Trinajstić information content (AvgIpc) is 2.76. The van der Waals surface area contributed by atoms with Crippen LogP contribution in [0, 0.1) is 18.3 Å². The number of hydrogen-bond acceptors (Lipinski definition) is 5. The van der Waals surface area contributed by atoms with Crippen LogP contribution in [0.25, 0.3) is 5.65 Å². The first-order valence-corrected chi connectivity index (χ1v) is 5.98. The number of carbonyl (C=O) groups is 1. The van der Waals surface area contributed by atoms with Crippen LogP contribution in [0.2, 0.25) is 5.15 Å². The van der Waals surface area contributed by atoms with Crippen molar-refractivity contribution in [2.45, 2.75) is 20.3 Å². The van der Waals surface area contributed by atoms with Gasteiger partial charge in [-0.1, -0.05) is 11.6 Å². The molecule has 0 bridgehead atoms. The molecule has 6 nitrogen and oxygen atoms in total. The van der Waals surface area contributed by atoms with Crippen molar-refractivity contribution in [3.63, 3.8) is 0 Å². The maximum atomic E-state index is 10.7. The molecule has 0 aromatic carbocycles. The summed E-state index contributed by atoms with van der Waals surface area (Å²) in [4.78, 5) is 15.1. The zero-order valence-electron chi connectivity index (χ0n) is 10.5. The number of esters is 1. The lowest BCUT2D eigenvalue weighted by atomic mass is 10.2. The molecular formula is C12H11ClN4O2. The van der Waals surface area contributed by atoms with E-state index < -0.39 is 0 Å². The maximum absolute atomic E-state index is 10.7. The van der Waals surface area contributed by atoms with Crippen molar-refractivity contribution in [2.24, 2.45) is 0 Å². The monoisotopic (exact) mass is 278 g/mol. The molecule has 0 spiro atoms. The first kappa shape index (κ1) is 13.3. The summed E-state index contributed by atoms with van der Waals surface area (Å²) in [6.07, 6.45) is 1.87. The Labute approximate surface area is 114 Å². The molecule has 2 aromatic rings. The molecule has 0 atom stereocenters. The van der Waals surface area contributed by atoms with Crippen LogP contribution in [-0.4, -0.2) is 27.2 Å². The van der Waals surface area contributed by atoms with Crippen LogP contribution in [0.15, 0.2) is 6.20 Å². The zero-order chi connectivity index (χ0) is 14.0. The smallest absolute Gasteiger partial charge is 0.302 e. The number of rotatable bonds is 3. The van der Waals surface area contributed by atoms with Gasteiger partial charge in [0.05, 0.1) is 12.8 Å². The molecule has 0 N–H and O–H groups in total. The largest absolute Gasteiger partial charge is 0.466 e. The van der Waals surface area contributed by atoms with Crippen LogP contribution in [0.3, 0.4) is 0 Å². The molecule has 0 aliphatic rings. The number of nitrogens with zero attached hydrogens (tertiary/aromatic N) is 4. The van der Waals surface area contributed by atoms with E-state index in [0.29, 0.717) is 28.5 Å². The second kappa shape index (κ2) is 5.24. The fourth-order valence-corrected chi connectivity index (χ4v) is 2.11. The Kier molecular flexibility index (Phi) is 3.67. The number of nitriles is 1. The number of ether oxygens (including phenoxy) is 1. The zero-order valence-corrected chi connectivity index (χ0v) is 11.2. The number of halogens is 1. The molecule has 2 rings (SSSR count). The summed E-state index contributed by atoms with van der Waals surface area (Å²) in [5.41, 5.74) is 2.25. The lowest BCUT2D eigenvalue weighted by molar-refractivity contribution is -0.140. The highest BCUT2D eigenvalue weighted by Gasteiger charge is 2.15. The van der Waals surface area contributed by atoms with Crippen molar-refractivity contribution in [3.05, 3.63) is 28.2 Å². The third kappa shape index (κ3) is 2.51. The summed E-state index contributed by atoms with van der Waals surface area (Å²) in [6, 6.07) is 2.01. The van der Waals surface area contributed by atoms with Gasteiger partial charge in [-0.25, -0.2) is 9.50 Å². The van der Waals surface area contributed by atoms with Crippen molar-refractivity contribution in [2.75, 3.05) is 6.61 Å². The van der Waals surface area contributed by atoms with Crippen LogP contribution in [0.5, 0.6) is 0 Å².